The molecule has 0 N–H and O–H groups in total. The maximum atomic E-state index is 13.8. The Hall–Kier alpha value is -3.35. The lowest BCUT2D eigenvalue weighted by Gasteiger charge is -2.36. The Morgan fingerprint density at radius 3 is 2.74 bits per heavy atom. The van der Waals surface area contributed by atoms with Gasteiger partial charge in [0.1, 0.15) is 5.82 Å². The van der Waals surface area contributed by atoms with Gasteiger partial charge in [0.15, 0.2) is 0 Å². The molecule has 1 atom stereocenters. The summed E-state index contributed by atoms with van der Waals surface area (Å²) in [6.45, 7) is 2.61. The standard InChI is InChI=1S/C24H26FN5O/c1-16-14-26-11-10-19(16)20-15-27-24(29(2)3)28-22(20)21-9-4-5-12-30(21)23(31)17-7-6-8-18(25)13-17/h6-8,10-11,13-15,21H,4-5,9,12H2,1-3H3/t21-/m0/s1. The van der Waals surface area contributed by atoms with E-state index in [0.717, 1.165) is 41.6 Å². The van der Waals surface area contributed by atoms with Crippen molar-refractivity contribution in [3.63, 3.8) is 0 Å². The number of likely N-dealkylation sites (tertiary alicyclic amines) is 1. The number of carbonyl (C=O) groups is 1. The van der Waals surface area contributed by atoms with Crippen LogP contribution < -0.4 is 4.90 Å². The normalized spacial score (nSPS) is 16.3. The van der Waals surface area contributed by atoms with Gasteiger partial charge in [0.2, 0.25) is 5.95 Å². The summed E-state index contributed by atoms with van der Waals surface area (Å²) in [4.78, 5) is 30.7. The molecule has 0 spiro atoms. The highest BCUT2D eigenvalue weighted by molar-refractivity contribution is 5.94. The zero-order valence-electron chi connectivity index (χ0n) is 18.0. The number of rotatable bonds is 4. The molecule has 1 amide bonds. The molecule has 3 aromatic rings. The highest BCUT2D eigenvalue weighted by atomic mass is 19.1. The van der Waals surface area contributed by atoms with Gasteiger partial charge in [0, 0.05) is 50.4 Å². The van der Waals surface area contributed by atoms with Crippen molar-refractivity contribution in [2.45, 2.75) is 32.2 Å². The maximum absolute atomic E-state index is 13.8. The Balaban J connectivity index is 1.82. The number of aryl methyl sites for hydroxylation is 1. The number of carbonyl (C=O) groups excluding carboxylic acids is 1. The van der Waals surface area contributed by atoms with E-state index in [4.69, 9.17) is 4.98 Å². The van der Waals surface area contributed by atoms with Gasteiger partial charge in [-0.2, -0.15) is 0 Å². The minimum Gasteiger partial charge on any atom is -0.347 e. The molecule has 31 heavy (non-hydrogen) atoms. The smallest absolute Gasteiger partial charge is 0.254 e. The largest absolute Gasteiger partial charge is 0.347 e. The molecule has 0 radical (unpaired) electrons. The first kappa shape index (κ1) is 20.9. The summed E-state index contributed by atoms with van der Waals surface area (Å²) < 4.78 is 13.8. The van der Waals surface area contributed by atoms with Crippen molar-refractivity contribution >= 4 is 11.9 Å². The van der Waals surface area contributed by atoms with Crippen LogP contribution in [0.1, 0.15) is 46.9 Å². The molecule has 1 aliphatic rings. The van der Waals surface area contributed by atoms with E-state index in [-0.39, 0.29) is 11.9 Å². The number of aromatic nitrogens is 3. The van der Waals surface area contributed by atoms with Gasteiger partial charge >= 0.3 is 0 Å². The lowest BCUT2D eigenvalue weighted by molar-refractivity contribution is 0.0606. The van der Waals surface area contributed by atoms with Crippen LogP contribution >= 0.6 is 0 Å². The van der Waals surface area contributed by atoms with Crippen molar-refractivity contribution in [1.29, 1.82) is 0 Å². The van der Waals surface area contributed by atoms with Crippen LogP contribution in [-0.4, -0.2) is 46.4 Å². The van der Waals surface area contributed by atoms with E-state index >= 15 is 0 Å². The van der Waals surface area contributed by atoms with Crippen LogP contribution in [0.2, 0.25) is 0 Å². The van der Waals surface area contributed by atoms with Crippen molar-refractivity contribution in [3.05, 3.63) is 71.6 Å². The molecule has 7 heteroatoms. The Bertz CT molecular complexity index is 1100. The molecule has 160 valence electrons. The lowest BCUT2D eigenvalue weighted by Crippen LogP contribution is -2.39. The average Bonchev–Trinajstić information content (AvgIpc) is 2.78. The second-order valence-corrected chi connectivity index (χ2v) is 8.07. The second-order valence-electron chi connectivity index (χ2n) is 8.07. The number of amides is 1. The molecule has 0 saturated carbocycles. The highest BCUT2D eigenvalue weighted by Crippen LogP contribution is 2.37. The van der Waals surface area contributed by atoms with E-state index < -0.39 is 5.82 Å². The Morgan fingerprint density at radius 2 is 2.00 bits per heavy atom. The molecular formula is C24H26FN5O. The Morgan fingerprint density at radius 1 is 1.16 bits per heavy atom. The minimum atomic E-state index is -0.413. The van der Waals surface area contributed by atoms with Crippen LogP contribution in [0.5, 0.6) is 0 Å². The van der Waals surface area contributed by atoms with Gasteiger partial charge in [-0.05, 0) is 61.6 Å². The van der Waals surface area contributed by atoms with Crippen molar-refractivity contribution in [2.75, 3.05) is 25.5 Å². The molecule has 0 aliphatic carbocycles. The number of pyridine rings is 1. The number of halogens is 1. The van der Waals surface area contributed by atoms with E-state index in [1.807, 2.05) is 49.3 Å². The van der Waals surface area contributed by atoms with Crippen LogP contribution in [0.25, 0.3) is 11.1 Å². The molecule has 1 aliphatic heterocycles. The fraction of sp³-hybridized carbons (Fsp3) is 0.333. The van der Waals surface area contributed by atoms with E-state index in [9.17, 15) is 9.18 Å². The predicted molar refractivity (Wildman–Crippen MR) is 118 cm³/mol. The molecule has 0 bridgehead atoms. The van der Waals surface area contributed by atoms with Crippen LogP contribution in [-0.2, 0) is 0 Å². The summed E-state index contributed by atoms with van der Waals surface area (Å²) in [6.07, 6.45) is 8.10. The van der Waals surface area contributed by atoms with Crippen LogP contribution in [0.15, 0.2) is 48.9 Å². The Kier molecular flexibility index (Phi) is 5.93. The van der Waals surface area contributed by atoms with E-state index in [1.54, 1.807) is 18.3 Å². The molecule has 1 aromatic carbocycles. The second kappa shape index (κ2) is 8.79. The third-order valence-electron chi connectivity index (χ3n) is 5.67. The summed E-state index contributed by atoms with van der Waals surface area (Å²) in [5.74, 6) is 0.00485. The summed E-state index contributed by atoms with van der Waals surface area (Å²) in [5.41, 5.74) is 4.09. The van der Waals surface area contributed by atoms with Gasteiger partial charge in [-0.15, -0.1) is 0 Å². The van der Waals surface area contributed by atoms with Gasteiger partial charge in [-0.1, -0.05) is 6.07 Å². The van der Waals surface area contributed by atoms with E-state index in [2.05, 4.69) is 9.97 Å². The summed E-state index contributed by atoms with van der Waals surface area (Å²) in [5, 5.41) is 0. The average molecular weight is 420 g/mol. The number of benzene rings is 1. The monoisotopic (exact) mass is 419 g/mol. The number of piperidine rings is 1. The highest BCUT2D eigenvalue weighted by Gasteiger charge is 2.32. The van der Waals surface area contributed by atoms with E-state index in [1.165, 1.54) is 12.1 Å². The van der Waals surface area contributed by atoms with Crippen molar-refractivity contribution < 1.29 is 9.18 Å². The molecule has 2 aromatic heterocycles. The van der Waals surface area contributed by atoms with Gasteiger partial charge < -0.3 is 9.80 Å². The number of hydrogen-bond acceptors (Lipinski definition) is 5. The minimum absolute atomic E-state index is 0.174. The van der Waals surface area contributed by atoms with Crippen LogP contribution in [0.3, 0.4) is 0 Å². The molecule has 3 heterocycles. The number of hydrogen-bond donors (Lipinski definition) is 0. The zero-order chi connectivity index (χ0) is 22.0. The first-order chi connectivity index (χ1) is 15.0. The summed E-state index contributed by atoms with van der Waals surface area (Å²) in [6, 6.07) is 7.62. The molecule has 0 unspecified atom stereocenters. The van der Waals surface area contributed by atoms with Gasteiger partial charge in [0.05, 0.1) is 11.7 Å². The molecular weight excluding hydrogens is 393 g/mol. The lowest BCUT2D eigenvalue weighted by atomic mass is 9.92. The number of nitrogens with zero attached hydrogens (tertiary/aromatic N) is 5. The topological polar surface area (TPSA) is 62.2 Å². The van der Waals surface area contributed by atoms with Crippen molar-refractivity contribution in [2.24, 2.45) is 0 Å². The quantitative estimate of drug-likeness (QED) is 0.626. The van der Waals surface area contributed by atoms with Crippen LogP contribution in [0.4, 0.5) is 10.3 Å². The summed E-state index contributed by atoms with van der Waals surface area (Å²) in [7, 11) is 3.79. The predicted octanol–water partition coefficient (Wildman–Crippen LogP) is 4.42. The Labute approximate surface area is 181 Å². The molecule has 1 fully saturated rings. The third kappa shape index (κ3) is 4.26. The molecule has 4 rings (SSSR count). The third-order valence-corrected chi connectivity index (χ3v) is 5.67. The van der Waals surface area contributed by atoms with Crippen molar-refractivity contribution in [1.82, 2.24) is 19.9 Å². The fourth-order valence-electron chi connectivity index (χ4n) is 4.08. The van der Waals surface area contributed by atoms with Crippen LogP contribution in [0, 0.1) is 12.7 Å². The van der Waals surface area contributed by atoms with Gasteiger partial charge in [0.25, 0.3) is 5.91 Å². The van der Waals surface area contributed by atoms with Gasteiger partial charge in [-0.25, -0.2) is 14.4 Å². The zero-order valence-corrected chi connectivity index (χ0v) is 18.0. The first-order valence-electron chi connectivity index (χ1n) is 10.5. The molecule has 1 saturated heterocycles. The van der Waals surface area contributed by atoms with Crippen molar-refractivity contribution in [3.8, 4) is 11.1 Å². The van der Waals surface area contributed by atoms with E-state index in [0.29, 0.717) is 18.1 Å². The maximum Gasteiger partial charge on any atom is 0.254 e. The first-order valence-corrected chi connectivity index (χ1v) is 10.5. The SMILES string of the molecule is Cc1cnccc1-c1cnc(N(C)C)nc1[C@@H]1CCCCN1C(=O)c1cccc(F)c1. The summed E-state index contributed by atoms with van der Waals surface area (Å²) >= 11 is 0. The molecule has 6 nitrogen and oxygen atoms in total. The fourth-order valence-corrected chi connectivity index (χ4v) is 4.08. The number of anilines is 1. The van der Waals surface area contributed by atoms with Gasteiger partial charge in [-0.3, -0.25) is 9.78 Å².